The first kappa shape index (κ1) is 16.0. The van der Waals surface area contributed by atoms with Crippen molar-refractivity contribution in [3.05, 3.63) is 18.0 Å². The Labute approximate surface area is 125 Å². The number of aryl methyl sites for hydroxylation is 1. The molecule has 1 amide bonds. The van der Waals surface area contributed by atoms with Crippen LogP contribution in [0.1, 0.15) is 24.3 Å². The summed E-state index contributed by atoms with van der Waals surface area (Å²) in [5.41, 5.74) is 0.326. The van der Waals surface area contributed by atoms with Gasteiger partial charge in [-0.15, -0.1) is 0 Å². The molecule has 0 aromatic carbocycles. The summed E-state index contributed by atoms with van der Waals surface area (Å²) >= 11 is 0. The largest absolute Gasteiger partial charge is 0.354 e. The number of hydrogen-bond donors (Lipinski definition) is 2. The highest BCUT2D eigenvalue weighted by molar-refractivity contribution is 7.89. The van der Waals surface area contributed by atoms with E-state index in [1.807, 2.05) is 13.8 Å². The number of rotatable bonds is 3. The van der Waals surface area contributed by atoms with Crippen LogP contribution >= 0.6 is 0 Å². The van der Waals surface area contributed by atoms with Crippen LogP contribution in [-0.4, -0.2) is 55.4 Å². The molecular formula is C13H22N4O3S. The number of nitrogens with zero attached hydrogens (tertiary/aromatic N) is 2. The Bertz CT molecular complexity index is 628. The Hall–Kier alpha value is -1.38. The molecule has 0 bridgehead atoms. The van der Waals surface area contributed by atoms with Crippen molar-refractivity contribution in [1.82, 2.24) is 19.5 Å². The summed E-state index contributed by atoms with van der Waals surface area (Å²) in [5, 5.41) is 5.80. The zero-order valence-electron chi connectivity index (χ0n) is 12.8. The van der Waals surface area contributed by atoms with Crippen molar-refractivity contribution >= 4 is 15.9 Å². The lowest BCUT2D eigenvalue weighted by molar-refractivity contribution is 0.0955. The van der Waals surface area contributed by atoms with Crippen molar-refractivity contribution in [1.29, 1.82) is 0 Å². The Kier molecular flexibility index (Phi) is 4.40. The summed E-state index contributed by atoms with van der Waals surface area (Å²) in [4.78, 5) is 11.9. The molecule has 2 heterocycles. The molecule has 0 spiro atoms. The first-order chi connectivity index (χ1) is 9.75. The molecular weight excluding hydrogens is 292 g/mol. The summed E-state index contributed by atoms with van der Waals surface area (Å²) in [6, 6.07) is 1.63. The van der Waals surface area contributed by atoms with E-state index in [4.69, 9.17) is 0 Å². The molecule has 0 saturated carbocycles. The molecule has 1 fully saturated rings. The maximum Gasteiger partial charge on any atom is 0.267 e. The molecule has 7 nitrogen and oxygen atoms in total. The Morgan fingerprint density at radius 3 is 2.43 bits per heavy atom. The summed E-state index contributed by atoms with van der Waals surface area (Å²) in [6.45, 7) is 4.77. The van der Waals surface area contributed by atoms with Gasteiger partial charge in [-0.3, -0.25) is 4.79 Å². The molecule has 8 heteroatoms. The van der Waals surface area contributed by atoms with Gasteiger partial charge >= 0.3 is 0 Å². The lowest BCUT2D eigenvalue weighted by Gasteiger charge is -2.35. The molecule has 2 rings (SSSR count). The molecule has 1 aliphatic rings. The van der Waals surface area contributed by atoms with E-state index in [0.29, 0.717) is 18.8 Å². The number of nitrogens with one attached hydrogen (secondary N) is 2. The van der Waals surface area contributed by atoms with E-state index in [0.717, 1.165) is 0 Å². The smallest absolute Gasteiger partial charge is 0.267 e. The first-order valence-electron chi connectivity index (χ1n) is 6.90. The number of amides is 1. The quantitative estimate of drug-likeness (QED) is 0.806. The fourth-order valence-corrected chi connectivity index (χ4v) is 4.34. The first-order valence-corrected chi connectivity index (χ1v) is 8.34. The SMILES string of the molecule is CNC(=O)c1cc(S(=O)(=O)N2CC(C)NC(C)C2)cn1C. The summed E-state index contributed by atoms with van der Waals surface area (Å²) in [7, 11) is -0.402. The number of aromatic nitrogens is 1. The molecule has 1 aliphatic heterocycles. The van der Waals surface area contributed by atoms with Crippen LogP contribution in [0.2, 0.25) is 0 Å². The van der Waals surface area contributed by atoms with Gasteiger partial charge in [-0.1, -0.05) is 0 Å². The van der Waals surface area contributed by atoms with Crippen molar-refractivity contribution < 1.29 is 13.2 Å². The van der Waals surface area contributed by atoms with Gasteiger partial charge in [0, 0.05) is 45.5 Å². The van der Waals surface area contributed by atoms with Crippen LogP contribution in [0.5, 0.6) is 0 Å². The van der Waals surface area contributed by atoms with Gasteiger partial charge in [0.1, 0.15) is 10.6 Å². The van der Waals surface area contributed by atoms with E-state index in [9.17, 15) is 13.2 Å². The molecule has 2 N–H and O–H groups in total. The zero-order valence-corrected chi connectivity index (χ0v) is 13.6. The Balaban J connectivity index is 2.34. The van der Waals surface area contributed by atoms with Gasteiger partial charge < -0.3 is 15.2 Å². The second-order valence-electron chi connectivity index (χ2n) is 5.54. The minimum absolute atomic E-state index is 0.102. The van der Waals surface area contributed by atoms with E-state index in [1.54, 1.807) is 7.05 Å². The molecule has 1 aromatic heterocycles. The van der Waals surface area contributed by atoms with E-state index >= 15 is 0 Å². The lowest BCUT2D eigenvalue weighted by Crippen LogP contribution is -2.55. The molecule has 1 aromatic rings. The monoisotopic (exact) mass is 314 g/mol. The van der Waals surface area contributed by atoms with E-state index in [2.05, 4.69) is 10.6 Å². The van der Waals surface area contributed by atoms with Crippen molar-refractivity contribution in [3.8, 4) is 0 Å². The predicted molar refractivity (Wildman–Crippen MR) is 79.6 cm³/mol. The minimum Gasteiger partial charge on any atom is -0.354 e. The van der Waals surface area contributed by atoms with Crippen LogP contribution in [0.25, 0.3) is 0 Å². The Morgan fingerprint density at radius 1 is 1.33 bits per heavy atom. The van der Waals surface area contributed by atoms with Crippen LogP contribution in [-0.2, 0) is 17.1 Å². The fraction of sp³-hybridized carbons (Fsp3) is 0.615. The third-order valence-electron chi connectivity index (χ3n) is 3.60. The maximum atomic E-state index is 12.7. The highest BCUT2D eigenvalue weighted by Crippen LogP contribution is 2.21. The molecule has 2 unspecified atom stereocenters. The standard InChI is InChI=1S/C13H22N4O3S/c1-9-6-17(7-10(2)15-9)21(19,20)11-5-12(13(18)14-3)16(4)8-11/h5,8-10,15H,6-7H2,1-4H3,(H,14,18). The molecule has 118 valence electrons. The average Bonchev–Trinajstić information content (AvgIpc) is 2.79. The van der Waals surface area contributed by atoms with E-state index < -0.39 is 10.0 Å². The second kappa shape index (κ2) is 5.78. The van der Waals surface area contributed by atoms with Crippen molar-refractivity contribution in [3.63, 3.8) is 0 Å². The molecule has 0 radical (unpaired) electrons. The molecule has 0 aliphatic carbocycles. The highest BCUT2D eigenvalue weighted by atomic mass is 32.2. The van der Waals surface area contributed by atoms with Gasteiger partial charge in [-0.25, -0.2) is 8.42 Å². The summed E-state index contributed by atoms with van der Waals surface area (Å²) < 4.78 is 28.4. The summed E-state index contributed by atoms with van der Waals surface area (Å²) in [5.74, 6) is -0.305. The average molecular weight is 314 g/mol. The number of sulfonamides is 1. The van der Waals surface area contributed by atoms with Gasteiger partial charge in [-0.2, -0.15) is 4.31 Å². The predicted octanol–water partition coefficient (Wildman–Crippen LogP) is -0.244. The number of piperazine rings is 1. The summed E-state index contributed by atoms with van der Waals surface area (Å²) in [6.07, 6.45) is 1.48. The lowest BCUT2D eigenvalue weighted by atomic mass is 10.2. The normalized spacial score (nSPS) is 24.0. The topological polar surface area (TPSA) is 83.4 Å². The Morgan fingerprint density at radius 2 is 1.90 bits per heavy atom. The van der Waals surface area contributed by atoms with Crippen LogP contribution in [0, 0.1) is 0 Å². The van der Waals surface area contributed by atoms with Crippen LogP contribution in [0.3, 0.4) is 0 Å². The highest BCUT2D eigenvalue weighted by Gasteiger charge is 2.32. The third kappa shape index (κ3) is 3.12. The van der Waals surface area contributed by atoms with Gasteiger partial charge in [0.05, 0.1) is 0 Å². The van der Waals surface area contributed by atoms with Crippen molar-refractivity contribution in [2.24, 2.45) is 7.05 Å². The van der Waals surface area contributed by atoms with Gasteiger partial charge in [0.2, 0.25) is 10.0 Å². The number of carbonyl (C=O) groups excluding carboxylic acids is 1. The second-order valence-corrected chi connectivity index (χ2v) is 7.48. The van der Waals surface area contributed by atoms with Crippen molar-refractivity contribution in [2.75, 3.05) is 20.1 Å². The van der Waals surface area contributed by atoms with Crippen LogP contribution in [0.4, 0.5) is 0 Å². The van der Waals surface area contributed by atoms with Gasteiger partial charge in [-0.05, 0) is 19.9 Å². The maximum absolute atomic E-state index is 12.7. The van der Waals surface area contributed by atoms with Crippen LogP contribution in [0.15, 0.2) is 17.2 Å². The van der Waals surface area contributed by atoms with Gasteiger partial charge in [0.15, 0.2) is 0 Å². The third-order valence-corrected chi connectivity index (χ3v) is 5.40. The minimum atomic E-state index is -3.58. The zero-order chi connectivity index (χ0) is 15.8. The molecule has 2 atom stereocenters. The van der Waals surface area contributed by atoms with Crippen LogP contribution < -0.4 is 10.6 Å². The number of hydrogen-bond acceptors (Lipinski definition) is 4. The fourth-order valence-electron chi connectivity index (χ4n) is 2.65. The molecule has 1 saturated heterocycles. The van der Waals surface area contributed by atoms with Gasteiger partial charge in [0.25, 0.3) is 5.91 Å². The van der Waals surface area contributed by atoms with Crippen molar-refractivity contribution in [2.45, 2.75) is 30.8 Å². The van der Waals surface area contributed by atoms with E-state index in [1.165, 1.54) is 28.2 Å². The van der Waals surface area contributed by atoms with E-state index in [-0.39, 0.29) is 22.9 Å². The number of carbonyl (C=O) groups is 1. The molecule has 21 heavy (non-hydrogen) atoms.